The van der Waals surface area contributed by atoms with Gasteiger partial charge in [-0.2, -0.15) is 0 Å². The highest BCUT2D eigenvalue weighted by atomic mass is 32.2. The molecule has 1 aliphatic rings. The zero-order valence-electron chi connectivity index (χ0n) is 9.78. The van der Waals surface area contributed by atoms with Crippen LogP contribution in [0.2, 0.25) is 0 Å². The van der Waals surface area contributed by atoms with E-state index in [9.17, 15) is 8.42 Å². The van der Waals surface area contributed by atoms with Crippen LogP contribution in [0.5, 0.6) is 0 Å². The summed E-state index contributed by atoms with van der Waals surface area (Å²) in [7, 11) is 0.610. The molecule has 0 saturated carbocycles. The molecule has 0 bridgehead atoms. The highest BCUT2D eigenvalue weighted by Gasteiger charge is 2.36. The number of rotatable bonds is 5. The predicted octanol–water partition coefficient (Wildman–Crippen LogP) is -0.355. The third-order valence-corrected chi connectivity index (χ3v) is 4.16. The first-order chi connectivity index (χ1) is 6.73. The Morgan fingerprint density at radius 2 is 1.93 bits per heavy atom. The van der Waals surface area contributed by atoms with Crippen molar-refractivity contribution in [3.8, 4) is 0 Å². The van der Waals surface area contributed by atoms with Crippen LogP contribution in [0.4, 0.5) is 0 Å². The number of ether oxygens (including phenoxy) is 1. The molecule has 0 spiro atoms. The largest absolute Gasteiger partial charge is 0.378 e. The fraction of sp³-hybridized carbons (Fsp3) is 1.00. The Balaban J connectivity index is 2.59. The molecule has 15 heavy (non-hydrogen) atoms. The Bertz CT molecular complexity index is 307. The van der Waals surface area contributed by atoms with Gasteiger partial charge >= 0.3 is 0 Å². The minimum Gasteiger partial charge on any atom is -0.378 e. The Labute approximate surface area is 91.8 Å². The average Bonchev–Trinajstić information content (AvgIpc) is 1.70. The topological polar surface area (TPSA) is 58.6 Å². The third-order valence-electron chi connectivity index (χ3n) is 2.18. The number of nitrogens with zero attached hydrogens (tertiary/aromatic N) is 1. The molecule has 0 atom stereocenters. The van der Waals surface area contributed by atoms with Crippen molar-refractivity contribution in [2.75, 3.05) is 33.9 Å². The van der Waals surface area contributed by atoms with Gasteiger partial charge in [-0.15, -0.1) is 0 Å². The molecule has 0 aromatic heterocycles. The van der Waals surface area contributed by atoms with Crippen molar-refractivity contribution in [3.63, 3.8) is 0 Å². The molecule has 5 nitrogen and oxygen atoms in total. The zero-order chi connectivity index (χ0) is 11.7. The van der Waals surface area contributed by atoms with Crippen molar-refractivity contribution < 1.29 is 13.2 Å². The molecular weight excluding hydrogens is 216 g/mol. The van der Waals surface area contributed by atoms with Gasteiger partial charge in [-0.25, -0.2) is 13.1 Å². The zero-order valence-corrected chi connectivity index (χ0v) is 10.6. The first-order valence-electron chi connectivity index (χ1n) is 4.98. The number of hydrogen-bond acceptors (Lipinski definition) is 4. The number of nitrogens with one attached hydrogen (secondary N) is 1. The highest BCUT2D eigenvalue weighted by molar-refractivity contribution is 7.90. The predicted molar refractivity (Wildman–Crippen MR) is 59.3 cm³/mol. The summed E-state index contributed by atoms with van der Waals surface area (Å²) in [5, 5.41) is -0.376. The average molecular weight is 236 g/mol. The molecule has 0 aromatic rings. The summed E-state index contributed by atoms with van der Waals surface area (Å²) < 4.78 is 31.2. The first-order valence-corrected chi connectivity index (χ1v) is 6.53. The second kappa shape index (κ2) is 4.37. The molecule has 0 unspecified atom stereocenters. The molecule has 0 aliphatic carbocycles. The number of hydrogen-bond donors (Lipinski definition) is 1. The van der Waals surface area contributed by atoms with Crippen LogP contribution in [0, 0.1) is 0 Å². The molecule has 6 heteroatoms. The molecule has 1 N–H and O–H groups in total. The fourth-order valence-electron chi connectivity index (χ4n) is 1.68. The summed E-state index contributed by atoms with van der Waals surface area (Å²) in [5.74, 6) is 0. The Kier molecular flexibility index (Phi) is 3.76. The quantitative estimate of drug-likeness (QED) is 0.708. The normalized spacial score (nSPS) is 19.3. The van der Waals surface area contributed by atoms with Crippen LogP contribution in [0.15, 0.2) is 0 Å². The third kappa shape index (κ3) is 3.71. The van der Waals surface area contributed by atoms with E-state index in [0.717, 1.165) is 0 Å². The molecule has 0 radical (unpaired) electrons. The van der Waals surface area contributed by atoms with Crippen LogP contribution >= 0.6 is 0 Å². The SMILES string of the molecule is CN(C)CC(C)(C)NS(=O)(=O)C1COC1. The first kappa shape index (κ1) is 12.9. The van der Waals surface area contributed by atoms with Gasteiger partial charge in [0.15, 0.2) is 0 Å². The molecule has 90 valence electrons. The van der Waals surface area contributed by atoms with Crippen LogP contribution in [0.1, 0.15) is 13.8 Å². The summed E-state index contributed by atoms with van der Waals surface area (Å²) in [6, 6.07) is 0. The summed E-state index contributed by atoms with van der Waals surface area (Å²) in [5.41, 5.74) is -0.447. The maximum Gasteiger partial charge on any atom is 0.219 e. The second-order valence-electron chi connectivity index (χ2n) is 4.93. The summed E-state index contributed by atoms with van der Waals surface area (Å²) in [6.45, 7) is 5.05. The van der Waals surface area contributed by atoms with E-state index in [2.05, 4.69) is 4.72 Å². The lowest BCUT2D eigenvalue weighted by molar-refractivity contribution is 0.0407. The minimum atomic E-state index is -3.23. The van der Waals surface area contributed by atoms with Crippen LogP contribution in [-0.2, 0) is 14.8 Å². The Hall–Kier alpha value is -0.170. The van der Waals surface area contributed by atoms with E-state index < -0.39 is 15.6 Å². The van der Waals surface area contributed by atoms with E-state index in [-0.39, 0.29) is 5.25 Å². The molecule has 1 rings (SSSR count). The van der Waals surface area contributed by atoms with Crippen LogP contribution in [0.25, 0.3) is 0 Å². The standard InChI is InChI=1S/C9H20N2O3S/c1-9(2,7-11(3)4)10-15(12,13)8-5-14-6-8/h8,10H,5-7H2,1-4H3. The van der Waals surface area contributed by atoms with Gasteiger partial charge in [-0.05, 0) is 27.9 Å². The van der Waals surface area contributed by atoms with Crippen LogP contribution in [-0.4, -0.2) is 58.0 Å². The maximum absolute atomic E-state index is 11.8. The van der Waals surface area contributed by atoms with Crippen molar-refractivity contribution in [2.45, 2.75) is 24.6 Å². The molecule has 1 aliphatic heterocycles. The Morgan fingerprint density at radius 1 is 1.40 bits per heavy atom. The summed E-state index contributed by atoms with van der Waals surface area (Å²) in [4.78, 5) is 1.96. The lowest BCUT2D eigenvalue weighted by Crippen LogP contribution is -2.56. The van der Waals surface area contributed by atoms with Crippen LogP contribution < -0.4 is 4.72 Å². The van der Waals surface area contributed by atoms with Crippen molar-refractivity contribution in [1.82, 2.24) is 9.62 Å². The molecular formula is C9H20N2O3S. The second-order valence-corrected chi connectivity index (χ2v) is 6.89. The van der Waals surface area contributed by atoms with E-state index in [1.54, 1.807) is 0 Å². The van der Waals surface area contributed by atoms with Gasteiger partial charge in [0, 0.05) is 12.1 Å². The van der Waals surface area contributed by atoms with E-state index in [0.29, 0.717) is 19.8 Å². The number of sulfonamides is 1. The molecule has 1 saturated heterocycles. The lowest BCUT2D eigenvalue weighted by atomic mass is 10.1. The van der Waals surface area contributed by atoms with Gasteiger partial charge in [-0.1, -0.05) is 0 Å². The van der Waals surface area contributed by atoms with E-state index >= 15 is 0 Å². The van der Waals surface area contributed by atoms with Gasteiger partial charge in [-0.3, -0.25) is 0 Å². The summed E-state index contributed by atoms with van der Waals surface area (Å²) in [6.07, 6.45) is 0. The highest BCUT2D eigenvalue weighted by Crippen LogP contribution is 2.14. The molecule has 0 amide bonds. The van der Waals surface area contributed by atoms with E-state index in [1.165, 1.54) is 0 Å². The van der Waals surface area contributed by atoms with E-state index in [4.69, 9.17) is 4.74 Å². The van der Waals surface area contributed by atoms with Crippen LogP contribution in [0.3, 0.4) is 0 Å². The maximum atomic E-state index is 11.8. The monoisotopic (exact) mass is 236 g/mol. The molecule has 0 aromatic carbocycles. The van der Waals surface area contributed by atoms with Gasteiger partial charge in [0.1, 0.15) is 5.25 Å². The fourth-order valence-corrected chi connectivity index (χ4v) is 3.24. The minimum absolute atomic E-state index is 0.313. The van der Waals surface area contributed by atoms with Crippen molar-refractivity contribution in [2.24, 2.45) is 0 Å². The van der Waals surface area contributed by atoms with Gasteiger partial charge in [0.05, 0.1) is 13.2 Å². The van der Waals surface area contributed by atoms with Crippen molar-refractivity contribution in [3.05, 3.63) is 0 Å². The lowest BCUT2D eigenvalue weighted by Gasteiger charge is -2.33. The van der Waals surface area contributed by atoms with Gasteiger partial charge in [0.2, 0.25) is 10.0 Å². The summed E-state index contributed by atoms with van der Waals surface area (Å²) >= 11 is 0. The van der Waals surface area contributed by atoms with Crippen molar-refractivity contribution in [1.29, 1.82) is 0 Å². The number of likely N-dealkylation sites (N-methyl/N-ethyl adjacent to an activating group) is 1. The molecule has 1 heterocycles. The smallest absolute Gasteiger partial charge is 0.219 e. The van der Waals surface area contributed by atoms with Gasteiger partial charge < -0.3 is 9.64 Å². The van der Waals surface area contributed by atoms with Crippen molar-refractivity contribution >= 4 is 10.0 Å². The Morgan fingerprint density at radius 3 is 2.27 bits per heavy atom. The van der Waals surface area contributed by atoms with E-state index in [1.807, 2.05) is 32.8 Å². The molecule has 1 fully saturated rings. The van der Waals surface area contributed by atoms with Gasteiger partial charge in [0.25, 0.3) is 0 Å².